The van der Waals surface area contributed by atoms with E-state index in [1.165, 1.54) is 12.1 Å². The van der Waals surface area contributed by atoms with Gasteiger partial charge in [-0.25, -0.2) is 8.78 Å². The van der Waals surface area contributed by atoms with Gasteiger partial charge in [-0.15, -0.1) is 0 Å². The van der Waals surface area contributed by atoms with Crippen molar-refractivity contribution in [3.8, 4) is 0 Å². The molecule has 3 aromatic rings. The second kappa shape index (κ2) is 11.8. The number of furan rings is 1. The molecule has 0 aliphatic rings. The Balaban J connectivity index is 1.75. The lowest BCUT2D eigenvalue weighted by Gasteiger charge is -2.31. The summed E-state index contributed by atoms with van der Waals surface area (Å²) in [5.74, 6) is 0.263. The lowest BCUT2D eigenvalue weighted by atomic mass is 10.1. The Morgan fingerprint density at radius 3 is 2.27 bits per heavy atom. The van der Waals surface area contributed by atoms with E-state index in [-0.39, 0.29) is 18.5 Å². The number of nitrogens with zero attached hydrogens (tertiary/aromatic N) is 2. The van der Waals surface area contributed by atoms with Crippen LogP contribution in [0.2, 0.25) is 0 Å². The highest BCUT2D eigenvalue weighted by Gasteiger charge is 2.22. The minimum atomic E-state index is -0.613. The maximum Gasteiger partial charge on any atom is 0.237 e. The lowest BCUT2D eigenvalue weighted by molar-refractivity contribution is -0.134. The third-order valence-electron chi connectivity index (χ3n) is 5.87. The molecule has 176 valence electrons. The molecule has 1 amide bonds. The van der Waals surface area contributed by atoms with Crippen LogP contribution < -0.4 is 0 Å². The maximum absolute atomic E-state index is 13.7. The fraction of sp³-hybridized carbons (Fsp3) is 0.370. The summed E-state index contributed by atoms with van der Waals surface area (Å²) in [7, 11) is 0. The van der Waals surface area contributed by atoms with Crippen molar-refractivity contribution in [2.75, 3.05) is 13.1 Å². The van der Waals surface area contributed by atoms with Crippen molar-refractivity contribution in [3.63, 3.8) is 0 Å². The molecule has 0 fully saturated rings. The van der Waals surface area contributed by atoms with Gasteiger partial charge in [-0.05, 0) is 62.1 Å². The first-order chi connectivity index (χ1) is 15.8. The molecule has 1 heterocycles. The lowest BCUT2D eigenvalue weighted by Crippen LogP contribution is -2.43. The zero-order valence-corrected chi connectivity index (χ0v) is 19.6. The van der Waals surface area contributed by atoms with E-state index in [2.05, 4.69) is 0 Å². The molecule has 1 aromatic heterocycles. The van der Waals surface area contributed by atoms with Crippen molar-refractivity contribution in [1.82, 2.24) is 9.80 Å². The van der Waals surface area contributed by atoms with E-state index in [0.717, 1.165) is 36.0 Å². The van der Waals surface area contributed by atoms with Gasteiger partial charge in [0.2, 0.25) is 5.91 Å². The van der Waals surface area contributed by atoms with Gasteiger partial charge in [-0.1, -0.05) is 37.3 Å². The average Bonchev–Trinajstić information content (AvgIpc) is 3.20. The zero-order chi connectivity index (χ0) is 23.8. The van der Waals surface area contributed by atoms with E-state index >= 15 is 0 Å². The van der Waals surface area contributed by atoms with Crippen LogP contribution in [0.3, 0.4) is 0 Å². The van der Waals surface area contributed by atoms with Gasteiger partial charge < -0.3 is 9.32 Å². The summed E-state index contributed by atoms with van der Waals surface area (Å²) in [4.78, 5) is 17.2. The molecule has 1 atom stereocenters. The third kappa shape index (κ3) is 7.53. The molecule has 0 N–H and O–H groups in total. The monoisotopic (exact) mass is 454 g/mol. The van der Waals surface area contributed by atoms with Crippen LogP contribution in [0.1, 0.15) is 42.9 Å². The number of halogens is 2. The molecule has 6 heteroatoms. The predicted molar refractivity (Wildman–Crippen MR) is 126 cm³/mol. The van der Waals surface area contributed by atoms with Crippen LogP contribution in [0.25, 0.3) is 0 Å². The van der Waals surface area contributed by atoms with Crippen molar-refractivity contribution >= 4 is 5.91 Å². The summed E-state index contributed by atoms with van der Waals surface area (Å²) in [6.07, 6.45) is 1.54. The minimum Gasteiger partial charge on any atom is -0.464 e. The number of rotatable bonds is 11. The Kier molecular flexibility index (Phi) is 8.78. The number of benzene rings is 2. The topological polar surface area (TPSA) is 36.7 Å². The normalized spacial score (nSPS) is 12.2. The predicted octanol–water partition coefficient (Wildman–Crippen LogP) is 5.74. The molecule has 0 unspecified atom stereocenters. The molecule has 0 aliphatic carbocycles. The van der Waals surface area contributed by atoms with E-state index in [1.807, 2.05) is 68.1 Å². The first-order valence-electron chi connectivity index (χ1n) is 11.4. The van der Waals surface area contributed by atoms with E-state index < -0.39 is 11.6 Å². The van der Waals surface area contributed by atoms with E-state index in [4.69, 9.17) is 4.42 Å². The van der Waals surface area contributed by atoms with Gasteiger partial charge in [0.15, 0.2) is 0 Å². The largest absolute Gasteiger partial charge is 0.464 e. The standard InChI is InChI=1S/C27H32F2N2O2/c1-4-20(2)31(17-23-14-24(28)16-25(29)15-23)19-27(32)30(18-26-11-10-21(3)33-26)13-12-22-8-6-5-7-9-22/h5-11,14-16,20H,4,12-13,17-19H2,1-3H3/t20-/m1/s1. The smallest absolute Gasteiger partial charge is 0.237 e. The van der Waals surface area contributed by atoms with Crippen molar-refractivity contribution in [2.45, 2.75) is 52.7 Å². The van der Waals surface area contributed by atoms with E-state index in [0.29, 0.717) is 25.2 Å². The zero-order valence-electron chi connectivity index (χ0n) is 19.6. The molecule has 0 saturated carbocycles. The number of carbonyl (C=O) groups is 1. The molecular formula is C27H32F2N2O2. The van der Waals surface area contributed by atoms with Crippen molar-refractivity contribution in [1.29, 1.82) is 0 Å². The molecule has 0 radical (unpaired) electrons. The van der Waals surface area contributed by atoms with Crippen LogP contribution in [-0.4, -0.2) is 34.8 Å². The van der Waals surface area contributed by atoms with Gasteiger partial charge in [0.25, 0.3) is 0 Å². The Bertz CT molecular complexity index is 1020. The number of hydrogen-bond donors (Lipinski definition) is 0. The fourth-order valence-electron chi connectivity index (χ4n) is 3.80. The highest BCUT2D eigenvalue weighted by molar-refractivity contribution is 5.78. The number of carbonyl (C=O) groups excluding carboxylic acids is 1. The fourth-order valence-corrected chi connectivity index (χ4v) is 3.80. The molecule has 0 bridgehead atoms. The van der Waals surface area contributed by atoms with Gasteiger partial charge in [0, 0.05) is 25.2 Å². The van der Waals surface area contributed by atoms with Crippen LogP contribution in [0, 0.1) is 18.6 Å². The summed E-state index contributed by atoms with van der Waals surface area (Å²) in [6.45, 7) is 7.31. The van der Waals surface area contributed by atoms with Crippen molar-refractivity contribution in [2.24, 2.45) is 0 Å². The van der Waals surface area contributed by atoms with Gasteiger partial charge in [0.1, 0.15) is 23.2 Å². The second-order valence-corrected chi connectivity index (χ2v) is 8.50. The molecule has 0 aliphatic heterocycles. The summed E-state index contributed by atoms with van der Waals surface area (Å²) < 4.78 is 33.1. The van der Waals surface area contributed by atoms with Crippen molar-refractivity contribution in [3.05, 3.63) is 94.9 Å². The first-order valence-corrected chi connectivity index (χ1v) is 11.4. The number of aryl methyl sites for hydroxylation is 1. The van der Waals surface area contributed by atoms with Crippen LogP contribution in [0.4, 0.5) is 8.78 Å². The Hall–Kier alpha value is -2.99. The molecule has 33 heavy (non-hydrogen) atoms. The molecule has 2 aromatic carbocycles. The minimum absolute atomic E-state index is 0.0443. The molecule has 4 nitrogen and oxygen atoms in total. The van der Waals surface area contributed by atoms with E-state index in [1.54, 1.807) is 4.90 Å². The molecular weight excluding hydrogens is 422 g/mol. The van der Waals surface area contributed by atoms with Crippen molar-refractivity contribution < 1.29 is 18.0 Å². The van der Waals surface area contributed by atoms with E-state index in [9.17, 15) is 13.6 Å². The number of amides is 1. The summed E-state index contributed by atoms with van der Waals surface area (Å²) in [5, 5.41) is 0. The Labute approximate surface area is 194 Å². The van der Waals surface area contributed by atoms with Gasteiger partial charge in [-0.3, -0.25) is 9.69 Å². The summed E-state index contributed by atoms with van der Waals surface area (Å²) in [6, 6.07) is 17.4. The second-order valence-electron chi connectivity index (χ2n) is 8.50. The first kappa shape index (κ1) is 24.6. The summed E-state index contributed by atoms with van der Waals surface area (Å²) in [5.41, 5.74) is 1.66. The highest BCUT2D eigenvalue weighted by Crippen LogP contribution is 2.16. The average molecular weight is 455 g/mol. The van der Waals surface area contributed by atoms with Crippen LogP contribution in [0.5, 0.6) is 0 Å². The molecule has 0 saturated heterocycles. The SMILES string of the molecule is CC[C@@H](C)N(CC(=O)N(CCc1ccccc1)Cc1ccc(C)o1)Cc1cc(F)cc(F)c1. The molecule has 0 spiro atoms. The Morgan fingerprint density at radius 2 is 1.67 bits per heavy atom. The quantitative estimate of drug-likeness (QED) is 0.371. The van der Waals surface area contributed by atoms with Gasteiger partial charge in [-0.2, -0.15) is 0 Å². The van der Waals surface area contributed by atoms with Crippen LogP contribution in [0.15, 0.2) is 65.1 Å². The summed E-state index contributed by atoms with van der Waals surface area (Å²) >= 11 is 0. The Morgan fingerprint density at radius 1 is 0.970 bits per heavy atom. The van der Waals surface area contributed by atoms with Gasteiger partial charge in [0.05, 0.1) is 13.1 Å². The number of hydrogen-bond acceptors (Lipinski definition) is 3. The van der Waals surface area contributed by atoms with Gasteiger partial charge >= 0.3 is 0 Å². The third-order valence-corrected chi connectivity index (χ3v) is 5.87. The van der Waals surface area contributed by atoms with Crippen LogP contribution >= 0.6 is 0 Å². The van der Waals surface area contributed by atoms with Crippen LogP contribution in [-0.2, 0) is 24.3 Å². The highest BCUT2D eigenvalue weighted by atomic mass is 19.1. The molecule has 3 rings (SSSR count). The maximum atomic E-state index is 13.7.